The SMILES string of the molecule is CCCC(C)C(=O)NCC1NCCCC1C. The Labute approximate surface area is 99.4 Å². The van der Waals surface area contributed by atoms with Crippen LogP contribution in [0, 0.1) is 11.8 Å². The van der Waals surface area contributed by atoms with Crippen molar-refractivity contribution in [3.63, 3.8) is 0 Å². The Morgan fingerprint density at radius 1 is 1.56 bits per heavy atom. The van der Waals surface area contributed by atoms with Gasteiger partial charge in [0.1, 0.15) is 0 Å². The summed E-state index contributed by atoms with van der Waals surface area (Å²) in [6.07, 6.45) is 4.60. The lowest BCUT2D eigenvalue weighted by Gasteiger charge is -2.30. The zero-order valence-corrected chi connectivity index (χ0v) is 10.9. The highest BCUT2D eigenvalue weighted by Crippen LogP contribution is 2.15. The summed E-state index contributed by atoms with van der Waals surface area (Å²) in [4.78, 5) is 11.7. The Kier molecular flexibility index (Phi) is 5.81. The molecule has 0 aromatic rings. The molecule has 3 heteroatoms. The van der Waals surface area contributed by atoms with Gasteiger partial charge in [-0.2, -0.15) is 0 Å². The van der Waals surface area contributed by atoms with Gasteiger partial charge >= 0.3 is 0 Å². The third kappa shape index (κ3) is 4.12. The van der Waals surface area contributed by atoms with Gasteiger partial charge in [-0.1, -0.05) is 27.2 Å². The number of hydrogen-bond donors (Lipinski definition) is 2. The van der Waals surface area contributed by atoms with Crippen LogP contribution in [-0.2, 0) is 4.79 Å². The summed E-state index contributed by atoms with van der Waals surface area (Å²) < 4.78 is 0. The van der Waals surface area contributed by atoms with Crippen LogP contribution in [0.4, 0.5) is 0 Å². The Morgan fingerprint density at radius 3 is 2.94 bits per heavy atom. The summed E-state index contributed by atoms with van der Waals surface area (Å²) in [7, 11) is 0. The smallest absolute Gasteiger partial charge is 0.222 e. The zero-order chi connectivity index (χ0) is 12.0. The number of amides is 1. The van der Waals surface area contributed by atoms with Crippen molar-refractivity contribution >= 4 is 5.91 Å². The number of piperidine rings is 1. The second-order valence-corrected chi connectivity index (χ2v) is 5.12. The molecule has 1 aliphatic heterocycles. The highest BCUT2D eigenvalue weighted by Gasteiger charge is 2.21. The van der Waals surface area contributed by atoms with Crippen LogP contribution in [-0.4, -0.2) is 25.0 Å². The molecule has 2 N–H and O–H groups in total. The van der Waals surface area contributed by atoms with Crippen LogP contribution in [0.15, 0.2) is 0 Å². The molecule has 1 amide bonds. The minimum atomic E-state index is 0.156. The Hall–Kier alpha value is -0.570. The average molecular weight is 226 g/mol. The van der Waals surface area contributed by atoms with E-state index in [1.165, 1.54) is 12.8 Å². The van der Waals surface area contributed by atoms with E-state index in [-0.39, 0.29) is 11.8 Å². The first-order valence-corrected chi connectivity index (χ1v) is 6.66. The molecule has 0 bridgehead atoms. The molecule has 0 aromatic carbocycles. The van der Waals surface area contributed by atoms with Gasteiger partial charge in [0.05, 0.1) is 0 Å². The van der Waals surface area contributed by atoms with Gasteiger partial charge in [0.25, 0.3) is 0 Å². The highest BCUT2D eigenvalue weighted by molar-refractivity contribution is 5.78. The first kappa shape index (κ1) is 13.5. The lowest BCUT2D eigenvalue weighted by atomic mass is 9.92. The summed E-state index contributed by atoms with van der Waals surface area (Å²) >= 11 is 0. The van der Waals surface area contributed by atoms with Gasteiger partial charge in [-0.3, -0.25) is 4.79 Å². The molecule has 3 nitrogen and oxygen atoms in total. The van der Waals surface area contributed by atoms with Gasteiger partial charge in [-0.15, -0.1) is 0 Å². The van der Waals surface area contributed by atoms with E-state index in [0.29, 0.717) is 12.0 Å². The fourth-order valence-corrected chi connectivity index (χ4v) is 2.34. The summed E-state index contributed by atoms with van der Waals surface area (Å²) in [6.45, 7) is 8.27. The van der Waals surface area contributed by atoms with Crippen molar-refractivity contribution in [1.29, 1.82) is 0 Å². The van der Waals surface area contributed by atoms with Crippen LogP contribution in [0.3, 0.4) is 0 Å². The largest absolute Gasteiger partial charge is 0.354 e. The summed E-state index contributed by atoms with van der Waals surface area (Å²) in [6, 6.07) is 0.464. The normalized spacial score (nSPS) is 27.4. The molecule has 1 rings (SSSR count). The molecule has 3 unspecified atom stereocenters. The van der Waals surface area contributed by atoms with E-state index in [2.05, 4.69) is 24.5 Å². The lowest BCUT2D eigenvalue weighted by Crippen LogP contribution is -2.48. The van der Waals surface area contributed by atoms with E-state index < -0.39 is 0 Å². The highest BCUT2D eigenvalue weighted by atomic mass is 16.1. The molecule has 1 heterocycles. The lowest BCUT2D eigenvalue weighted by molar-refractivity contribution is -0.124. The second kappa shape index (κ2) is 6.89. The number of carbonyl (C=O) groups is 1. The van der Waals surface area contributed by atoms with Gasteiger partial charge in [0.2, 0.25) is 5.91 Å². The van der Waals surface area contributed by atoms with Gasteiger partial charge in [-0.25, -0.2) is 0 Å². The average Bonchev–Trinajstić information content (AvgIpc) is 2.28. The van der Waals surface area contributed by atoms with Gasteiger partial charge in [0.15, 0.2) is 0 Å². The molecule has 0 spiro atoms. The monoisotopic (exact) mass is 226 g/mol. The van der Waals surface area contributed by atoms with Crippen LogP contribution in [0.5, 0.6) is 0 Å². The molecule has 1 saturated heterocycles. The molecule has 0 saturated carbocycles. The summed E-state index contributed by atoms with van der Waals surface area (Å²) in [5, 5.41) is 6.55. The molecule has 0 aliphatic carbocycles. The molecule has 1 fully saturated rings. The zero-order valence-electron chi connectivity index (χ0n) is 10.9. The minimum Gasteiger partial charge on any atom is -0.354 e. The maximum absolute atomic E-state index is 11.7. The minimum absolute atomic E-state index is 0.156. The van der Waals surface area contributed by atoms with Crippen molar-refractivity contribution in [2.45, 2.75) is 52.5 Å². The molecule has 16 heavy (non-hydrogen) atoms. The van der Waals surface area contributed by atoms with Crippen molar-refractivity contribution in [3.8, 4) is 0 Å². The summed E-state index contributed by atoms with van der Waals surface area (Å²) in [5.74, 6) is 1.04. The van der Waals surface area contributed by atoms with Crippen LogP contribution in [0.2, 0.25) is 0 Å². The number of rotatable bonds is 5. The standard InChI is InChI=1S/C13H26N2O/c1-4-6-11(3)13(16)15-9-12-10(2)7-5-8-14-12/h10-12,14H,4-9H2,1-3H3,(H,15,16). The summed E-state index contributed by atoms with van der Waals surface area (Å²) in [5.41, 5.74) is 0. The maximum atomic E-state index is 11.7. The number of carbonyl (C=O) groups excluding carboxylic acids is 1. The predicted octanol–water partition coefficient (Wildman–Crippen LogP) is 1.93. The molecule has 3 atom stereocenters. The van der Waals surface area contributed by atoms with E-state index >= 15 is 0 Å². The van der Waals surface area contributed by atoms with Crippen LogP contribution < -0.4 is 10.6 Å². The maximum Gasteiger partial charge on any atom is 0.222 e. The van der Waals surface area contributed by atoms with Crippen molar-refractivity contribution in [2.24, 2.45) is 11.8 Å². The third-order valence-electron chi connectivity index (χ3n) is 3.60. The van der Waals surface area contributed by atoms with E-state index in [0.717, 1.165) is 25.9 Å². The molecule has 1 aliphatic rings. The first-order valence-electron chi connectivity index (χ1n) is 6.66. The Morgan fingerprint density at radius 2 is 2.31 bits per heavy atom. The van der Waals surface area contributed by atoms with Crippen molar-refractivity contribution in [3.05, 3.63) is 0 Å². The van der Waals surface area contributed by atoms with Crippen molar-refractivity contribution in [2.75, 3.05) is 13.1 Å². The molecule has 94 valence electrons. The fourth-order valence-electron chi connectivity index (χ4n) is 2.34. The fraction of sp³-hybridized carbons (Fsp3) is 0.923. The van der Waals surface area contributed by atoms with Crippen LogP contribution >= 0.6 is 0 Å². The molecular formula is C13H26N2O. The molecule has 0 radical (unpaired) electrons. The second-order valence-electron chi connectivity index (χ2n) is 5.12. The molecule has 0 aromatic heterocycles. The van der Waals surface area contributed by atoms with Gasteiger partial charge < -0.3 is 10.6 Å². The van der Waals surface area contributed by atoms with Crippen LogP contribution in [0.25, 0.3) is 0 Å². The Balaban J connectivity index is 2.24. The van der Waals surface area contributed by atoms with E-state index in [1.54, 1.807) is 0 Å². The number of nitrogens with one attached hydrogen (secondary N) is 2. The van der Waals surface area contributed by atoms with E-state index in [4.69, 9.17) is 0 Å². The van der Waals surface area contributed by atoms with E-state index in [1.807, 2.05) is 6.92 Å². The Bertz CT molecular complexity index is 218. The van der Waals surface area contributed by atoms with Crippen LogP contribution in [0.1, 0.15) is 46.5 Å². The van der Waals surface area contributed by atoms with Gasteiger partial charge in [0, 0.05) is 18.5 Å². The predicted molar refractivity (Wildman–Crippen MR) is 67.3 cm³/mol. The third-order valence-corrected chi connectivity index (χ3v) is 3.60. The van der Waals surface area contributed by atoms with Crippen molar-refractivity contribution in [1.82, 2.24) is 10.6 Å². The topological polar surface area (TPSA) is 41.1 Å². The molecular weight excluding hydrogens is 200 g/mol. The first-order chi connectivity index (χ1) is 7.65. The van der Waals surface area contributed by atoms with Gasteiger partial charge in [-0.05, 0) is 31.7 Å². The quantitative estimate of drug-likeness (QED) is 0.752. The van der Waals surface area contributed by atoms with E-state index in [9.17, 15) is 4.79 Å². The van der Waals surface area contributed by atoms with Crippen molar-refractivity contribution < 1.29 is 4.79 Å². The number of hydrogen-bond acceptors (Lipinski definition) is 2.